The number of hydrogen-bond acceptors (Lipinski definition) is 6. The number of hydrogen-bond donors (Lipinski definition) is 2. The van der Waals surface area contributed by atoms with Gasteiger partial charge >= 0.3 is 12.1 Å². The van der Waals surface area contributed by atoms with Gasteiger partial charge in [-0.25, -0.2) is 10.1 Å². The minimum Gasteiger partial charge on any atom is -0.481 e. The van der Waals surface area contributed by atoms with Gasteiger partial charge in [-0.3, -0.25) is 14.6 Å². The summed E-state index contributed by atoms with van der Waals surface area (Å²) in [6.45, 7) is 6.98. The van der Waals surface area contributed by atoms with Crippen molar-refractivity contribution < 1.29 is 29.6 Å². The summed E-state index contributed by atoms with van der Waals surface area (Å²) in [5.74, 6) is -0.715. The van der Waals surface area contributed by atoms with Crippen LogP contribution < -0.4 is 0 Å². The predicted octanol–water partition coefficient (Wildman–Crippen LogP) is 4.33. The summed E-state index contributed by atoms with van der Waals surface area (Å²) in [5.41, 5.74) is 3.70. The first-order valence-corrected chi connectivity index (χ1v) is 12.0. The molecule has 4 heterocycles. The molecule has 0 saturated carbocycles. The van der Waals surface area contributed by atoms with E-state index in [-0.39, 0.29) is 30.4 Å². The smallest absolute Gasteiger partial charge is 0.410 e. The van der Waals surface area contributed by atoms with Gasteiger partial charge in [0, 0.05) is 13.1 Å². The lowest BCUT2D eigenvalue weighted by Gasteiger charge is -2.45. The zero-order valence-corrected chi connectivity index (χ0v) is 19.7. The van der Waals surface area contributed by atoms with Crippen molar-refractivity contribution in [3.63, 3.8) is 0 Å². The number of piperidine rings is 3. The first-order valence-electron chi connectivity index (χ1n) is 12.0. The summed E-state index contributed by atoms with van der Waals surface area (Å²) in [5, 5.41) is 15.7. The van der Waals surface area contributed by atoms with Crippen LogP contribution in [-0.4, -0.2) is 64.5 Å². The number of carbonyl (C=O) groups is 2. The first-order chi connectivity index (χ1) is 17.0. The second-order valence-corrected chi connectivity index (χ2v) is 9.22. The third-order valence-corrected chi connectivity index (χ3v) is 6.96. The first kappa shape index (κ1) is 24.8. The second-order valence-electron chi connectivity index (χ2n) is 9.22. The highest BCUT2D eigenvalue weighted by atomic mass is 17.1. The van der Waals surface area contributed by atoms with E-state index in [9.17, 15) is 9.59 Å². The fourth-order valence-corrected chi connectivity index (χ4v) is 5.20. The molecule has 8 nitrogen and oxygen atoms in total. The quantitative estimate of drug-likeness (QED) is 0.373. The number of carbonyl (C=O) groups excluding carboxylic acids is 1. The Balaban J connectivity index is 0.000000314. The molecule has 4 aliphatic rings. The molecule has 2 atom stereocenters. The maximum absolute atomic E-state index is 13.2. The van der Waals surface area contributed by atoms with Crippen molar-refractivity contribution in [3.8, 4) is 0 Å². The fraction of sp³-hybridized carbons (Fsp3) is 0.407. The SMILES string of the molecule is C=C(CC(=O)O)OO.O=C(O[C@H]1CN2CCC1CC2)N1CCc2ccccc2[C@H]1c1ccccc1. The predicted molar refractivity (Wildman–Crippen MR) is 130 cm³/mol. The maximum Gasteiger partial charge on any atom is 0.410 e. The number of fused-ring (bicyclic) bond motifs is 4. The lowest BCUT2D eigenvalue weighted by molar-refractivity contribution is -0.206. The van der Waals surface area contributed by atoms with Crippen LogP contribution in [0.3, 0.4) is 0 Å². The van der Waals surface area contributed by atoms with E-state index in [2.05, 4.69) is 52.8 Å². The highest BCUT2D eigenvalue weighted by Crippen LogP contribution is 2.36. The van der Waals surface area contributed by atoms with E-state index in [0.717, 1.165) is 44.5 Å². The molecule has 6 rings (SSSR count). The van der Waals surface area contributed by atoms with Gasteiger partial charge in [0.1, 0.15) is 18.3 Å². The number of benzene rings is 2. The summed E-state index contributed by atoms with van der Waals surface area (Å²) >= 11 is 0. The van der Waals surface area contributed by atoms with Crippen LogP contribution in [0.15, 0.2) is 66.9 Å². The summed E-state index contributed by atoms with van der Waals surface area (Å²) in [6, 6.07) is 18.8. The molecule has 2 aromatic rings. The topological polar surface area (TPSA) is 99.5 Å². The molecular formula is C27H32N2O6. The van der Waals surface area contributed by atoms with Gasteiger partial charge in [-0.15, -0.1) is 0 Å². The van der Waals surface area contributed by atoms with Gasteiger partial charge in [0.2, 0.25) is 0 Å². The Kier molecular flexibility index (Phi) is 8.05. The molecule has 3 saturated heterocycles. The average Bonchev–Trinajstić information content (AvgIpc) is 2.89. The van der Waals surface area contributed by atoms with Gasteiger partial charge in [0.05, 0.1) is 6.04 Å². The van der Waals surface area contributed by atoms with Crippen molar-refractivity contribution in [1.29, 1.82) is 0 Å². The standard InChI is InChI=1S/C23H26N2O2.C4H6O4/c26-23(27-21-16-24-13-10-18(21)11-14-24)25-15-12-17-6-4-5-9-20(17)22(25)19-7-2-1-3-8-19;1-3(8-7)2-4(5)6/h1-9,18,21-22H,10-16H2;7H,1-2H2,(H,5,6)/t21-,22+;/m0./s1. The van der Waals surface area contributed by atoms with Crippen molar-refractivity contribution >= 4 is 12.1 Å². The molecule has 8 heteroatoms. The molecule has 2 bridgehead atoms. The van der Waals surface area contributed by atoms with E-state index in [4.69, 9.17) is 15.1 Å². The normalized spacial score (nSPS) is 24.4. The third-order valence-electron chi connectivity index (χ3n) is 6.96. The molecule has 0 radical (unpaired) electrons. The van der Waals surface area contributed by atoms with E-state index in [1.165, 1.54) is 11.1 Å². The van der Waals surface area contributed by atoms with E-state index in [1.54, 1.807) is 0 Å². The van der Waals surface area contributed by atoms with Crippen molar-refractivity contribution in [2.24, 2.45) is 5.92 Å². The summed E-state index contributed by atoms with van der Waals surface area (Å²) in [7, 11) is 0. The van der Waals surface area contributed by atoms with Gasteiger partial charge in [-0.2, -0.15) is 0 Å². The van der Waals surface area contributed by atoms with E-state index in [1.807, 2.05) is 23.1 Å². The van der Waals surface area contributed by atoms with Crippen LogP contribution in [0.4, 0.5) is 4.79 Å². The van der Waals surface area contributed by atoms with Crippen LogP contribution in [0, 0.1) is 5.92 Å². The number of amides is 1. The zero-order valence-electron chi connectivity index (χ0n) is 19.7. The van der Waals surface area contributed by atoms with Gasteiger partial charge < -0.3 is 14.7 Å². The molecule has 0 aromatic heterocycles. The van der Waals surface area contributed by atoms with Crippen LogP contribution in [0.2, 0.25) is 0 Å². The van der Waals surface area contributed by atoms with E-state index in [0.29, 0.717) is 12.5 Å². The Hall–Kier alpha value is -3.36. The molecule has 3 fully saturated rings. The Labute approximate surface area is 205 Å². The van der Waals surface area contributed by atoms with Crippen molar-refractivity contribution in [3.05, 3.63) is 83.6 Å². The van der Waals surface area contributed by atoms with Crippen molar-refractivity contribution in [1.82, 2.24) is 9.80 Å². The molecule has 1 amide bonds. The van der Waals surface area contributed by atoms with Crippen molar-refractivity contribution in [2.75, 3.05) is 26.2 Å². The largest absolute Gasteiger partial charge is 0.481 e. The molecule has 4 aliphatic heterocycles. The van der Waals surface area contributed by atoms with Gasteiger partial charge in [0.15, 0.2) is 0 Å². The number of rotatable bonds is 5. The molecule has 0 unspecified atom stereocenters. The molecule has 2 N–H and O–H groups in total. The third kappa shape index (κ3) is 6.01. The molecule has 2 aromatic carbocycles. The lowest BCUT2D eigenvalue weighted by Crippen LogP contribution is -2.53. The summed E-state index contributed by atoms with van der Waals surface area (Å²) in [4.78, 5) is 30.8. The molecule has 35 heavy (non-hydrogen) atoms. The maximum atomic E-state index is 13.2. The van der Waals surface area contributed by atoms with Crippen LogP contribution in [0.25, 0.3) is 0 Å². The van der Waals surface area contributed by atoms with E-state index < -0.39 is 5.97 Å². The monoisotopic (exact) mass is 480 g/mol. The highest BCUT2D eigenvalue weighted by molar-refractivity contribution is 5.70. The fourth-order valence-electron chi connectivity index (χ4n) is 5.20. The zero-order chi connectivity index (χ0) is 24.8. The lowest BCUT2D eigenvalue weighted by atomic mass is 9.86. The van der Waals surface area contributed by atoms with Gasteiger partial charge in [-0.1, -0.05) is 61.2 Å². The van der Waals surface area contributed by atoms with Gasteiger partial charge in [0.25, 0.3) is 0 Å². The van der Waals surface area contributed by atoms with Crippen LogP contribution in [0.1, 0.15) is 42.0 Å². The molecular weight excluding hydrogens is 448 g/mol. The van der Waals surface area contributed by atoms with E-state index >= 15 is 0 Å². The van der Waals surface area contributed by atoms with Gasteiger partial charge in [-0.05, 0) is 55.0 Å². The second kappa shape index (κ2) is 11.4. The summed E-state index contributed by atoms with van der Waals surface area (Å²) < 4.78 is 6.08. The Morgan fingerprint density at radius 2 is 1.69 bits per heavy atom. The molecule has 0 aliphatic carbocycles. The van der Waals surface area contributed by atoms with Crippen molar-refractivity contribution in [2.45, 2.75) is 37.8 Å². The molecule has 0 spiro atoms. The minimum atomic E-state index is -1.08. The van der Waals surface area contributed by atoms with Crippen LogP contribution >= 0.6 is 0 Å². The highest BCUT2D eigenvalue weighted by Gasteiger charge is 2.39. The minimum absolute atomic E-state index is 0.0496. The number of carboxylic acid groups (broad SMARTS) is 1. The average molecular weight is 481 g/mol. The molecule has 186 valence electrons. The Bertz CT molecular complexity index is 1030. The Morgan fingerprint density at radius 1 is 1.00 bits per heavy atom. The summed E-state index contributed by atoms with van der Waals surface area (Å²) in [6.07, 6.45) is 2.72. The number of ether oxygens (including phenoxy) is 1. The number of nitrogens with zero attached hydrogens (tertiary/aromatic N) is 2. The van der Waals surface area contributed by atoms with Crippen LogP contribution in [-0.2, 0) is 20.8 Å². The van der Waals surface area contributed by atoms with Crippen LogP contribution in [0.5, 0.6) is 0 Å². The number of carboxylic acids is 1. The Morgan fingerprint density at radius 3 is 2.29 bits per heavy atom. The number of aliphatic carboxylic acids is 1.